The van der Waals surface area contributed by atoms with Crippen LogP contribution in [-0.2, 0) is 4.79 Å². The minimum Gasteiger partial charge on any atom is -0.481 e. The highest BCUT2D eigenvalue weighted by Crippen LogP contribution is 2.50. The van der Waals surface area contributed by atoms with Gasteiger partial charge in [-0.25, -0.2) is 0 Å². The number of allylic oxidation sites excluding steroid dienone is 2. The second-order valence-corrected chi connectivity index (χ2v) is 6.10. The van der Waals surface area contributed by atoms with Crippen LogP contribution < -0.4 is 5.73 Å². The molecule has 3 N–H and O–H groups in total. The van der Waals surface area contributed by atoms with Crippen LogP contribution >= 0.6 is 0 Å². The quantitative estimate of drug-likeness (QED) is 0.755. The molecule has 0 bridgehead atoms. The van der Waals surface area contributed by atoms with Crippen LogP contribution in [0, 0.1) is 23.7 Å². The number of carboxylic acid groups (broad SMARTS) is 1. The van der Waals surface area contributed by atoms with Gasteiger partial charge in [-0.2, -0.15) is 0 Å². The molecule has 102 valence electrons. The van der Waals surface area contributed by atoms with E-state index in [2.05, 4.69) is 6.08 Å². The number of carbonyl (C=O) groups is 1. The van der Waals surface area contributed by atoms with Gasteiger partial charge in [0.2, 0.25) is 0 Å². The maximum Gasteiger partial charge on any atom is 0.300 e. The first-order valence-corrected chi connectivity index (χ1v) is 7.19. The summed E-state index contributed by atoms with van der Waals surface area (Å²) in [4.78, 5) is 9.00. The number of fused-ring (bicyclic) bond motifs is 1. The van der Waals surface area contributed by atoms with Gasteiger partial charge in [-0.1, -0.05) is 24.5 Å². The average Bonchev–Trinajstić information content (AvgIpc) is 3.04. The van der Waals surface area contributed by atoms with Crippen LogP contribution in [0.2, 0.25) is 0 Å². The molecule has 2 saturated carbocycles. The Morgan fingerprint density at radius 2 is 2.17 bits per heavy atom. The number of carboxylic acids is 1. The Morgan fingerprint density at radius 3 is 2.72 bits per heavy atom. The van der Waals surface area contributed by atoms with E-state index in [1.165, 1.54) is 38.5 Å². The lowest BCUT2D eigenvalue weighted by atomic mass is 9.66. The summed E-state index contributed by atoms with van der Waals surface area (Å²) in [5, 5.41) is 7.42. The summed E-state index contributed by atoms with van der Waals surface area (Å²) in [5.41, 5.74) is 7.50. The van der Waals surface area contributed by atoms with Crippen molar-refractivity contribution in [1.29, 1.82) is 0 Å². The SMILES string of the molecule is CC(=O)O.NCC1CC2CC(CCC3CC3)=CC12. The summed E-state index contributed by atoms with van der Waals surface area (Å²) in [6.45, 7) is 1.99. The number of hydrogen-bond donors (Lipinski definition) is 2. The first-order valence-electron chi connectivity index (χ1n) is 7.19. The van der Waals surface area contributed by atoms with Crippen molar-refractivity contribution in [3.63, 3.8) is 0 Å². The molecule has 3 rings (SSSR count). The van der Waals surface area contributed by atoms with Gasteiger partial charge in [0.05, 0.1) is 0 Å². The number of aliphatic carboxylic acids is 1. The Hall–Kier alpha value is -0.830. The first kappa shape index (κ1) is 13.6. The van der Waals surface area contributed by atoms with E-state index >= 15 is 0 Å². The summed E-state index contributed by atoms with van der Waals surface area (Å²) < 4.78 is 0. The van der Waals surface area contributed by atoms with Gasteiger partial charge in [0.25, 0.3) is 5.97 Å². The van der Waals surface area contributed by atoms with Crippen molar-refractivity contribution >= 4 is 5.97 Å². The largest absolute Gasteiger partial charge is 0.481 e. The van der Waals surface area contributed by atoms with E-state index in [0.717, 1.165) is 37.1 Å². The molecule has 0 aromatic rings. The summed E-state index contributed by atoms with van der Waals surface area (Å²) in [7, 11) is 0. The van der Waals surface area contributed by atoms with Crippen molar-refractivity contribution < 1.29 is 9.90 Å². The van der Waals surface area contributed by atoms with E-state index in [0.29, 0.717) is 0 Å². The summed E-state index contributed by atoms with van der Waals surface area (Å²) >= 11 is 0. The second-order valence-electron chi connectivity index (χ2n) is 6.10. The van der Waals surface area contributed by atoms with Gasteiger partial charge >= 0.3 is 0 Å². The zero-order chi connectivity index (χ0) is 13.1. The first-order chi connectivity index (χ1) is 8.60. The van der Waals surface area contributed by atoms with Crippen LogP contribution in [0.4, 0.5) is 0 Å². The van der Waals surface area contributed by atoms with E-state index in [4.69, 9.17) is 15.6 Å². The minimum atomic E-state index is -0.833. The maximum absolute atomic E-state index is 9.00. The third-order valence-electron chi connectivity index (χ3n) is 4.52. The molecule has 0 saturated heterocycles. The van der Waals surface area contributed by atoms with Crippen LogP contribution in [-0.4, -0.2) is 17.6 Å². The number of nitrogens with two attached hydrogens (primary N) is 1. The highest BCUT2D eigenvalue weighted by atomic mass is 16.4. The molecular weight excluding hydrogens is 226 g/mol. The monoisotopic (exact) mass is 251 g/mol. The van der Waals surface area contributed by atoms with Gasteiger partial charge in [-0.15, -0.1) is 0 Å². The summed E-state index contributed by atoms with van der Waals surface area (Å²) in [5.74, 6) is 2.98. The van der Waals surface area contributed by atoms with Crippen molar-refractivity contribution in [2.75, 3.05) is 6.54 Å². The van der Waals surface area contributed by atoms with E-state index in [1.54, 1.807) is 5.57 Å². The van der Waals surface area contributed by atoms with Crippen LogP contribution in [0.3, 0.4) is 0 Å². The molecule has 0 radical (unpaired) electrons. The van der Waals surface area contributed by atoms with E-state index in [9.17, 15) is 0 Å². The smallest absolute Gasteiger partial charge is 0.300 e. The topological polar surface area (TPSA) is 63.3 Å². The molecule has 3 atom stereocenters. The fourth-order valence-corrected chi connectivity index (χ4v) is 3.30. The third-order valence-corrected chi connectivity index (χ3v) is 4.52. The lowest BCUT2D eigenvalue weighted by Crippen LogP contribution is -2.37. The van der Waals surface area contributed by atoms with Crippen LogP contribution in [0.25, 0.3) is 0 Å². The zero-order valence-corrected chi connectivity index (χ0v) is 11.3. The van der Waals surface area contributed by atoms with Gasteiger partial charge in [0.1, 0.15) is 0 Å². The Morgan fingerprint density at radius 1 is 1.50 bits per heavy atom. The van der Waals surface area contributed by atoms with Crippen LogP contribution in [0.5, 0.6) is 0 Å². The van der Waals surface area contributed by atoms with Gasteiger partial charge in [-0.3, -0.25) is 4.79 Å². The average molecular weight is 251 g/mol. The molecule has 18 heavy (non-hydrogen) atoms. The van der Waals surface area contributed by atoms with Crippen molar-refractivity contribution in [2.24, 2.45) is 29.4 Å². The van der Waals surface area contributed by atoms with Gasteiger partial charge < -0.3 is 10.8 Å². The van der Waals surface area contributed by atoms with Crippen LogP contribution in [0.15, 0.2) is 11.6 Å². The van der Waals surface area contributed by atoms with Crippen LogP contribution in [0.1, 0.15) is 45.4 Å². The molecule has 0 aromatic heterocycles. The minimum absolute atomic E-state index is 0.832. The molecule has 0 spiro atoms. The fourth-order valence-electron chi connectivity index (χ4n) is 3.30. The van der Waals surface area contributed by atoms with Gasteiger partial charge in [0.15, 0.2) is 0 Å². The molecule has 3 unspecified atom stereocenters. The van der Waals surface area contributed by atoms with Gasteiger partial charge in [-0.05, 0) is 55.9 Å². The van der Waals surface area contributed by atoms with Crippen molar-refractivity contribution in [1.82, 2.24) is 0 Å². The number of rotatable bonds is 4. The molecule has 0 aromatic carbocycles. The van der Waals surface area contributed by atoms with E-state index < -0.39 is 5.97 Å². The molecule has 2 fully saturated rings. The second kappa shape index (κ2) is 5.87. The normalized spacial score (nSPS) is 32.8. The van der Waals surface area contributed by atoms with Gasteiger partial charge in [0, 0.05) is 6.92 Å². The highest BCUT2D eigenvalue weighted by molar-refractivity contribution is 5.62. The molecule has 3 heteroatoms. The third kappa shape index (κ3) is 3.58. The molecule has 3 nitrogen and oxygen atoms in total. The Bertz CT molecular complexity index is 329. The van der Waals surface area contributed by atoms with Crippen molar-refractivity contribution in [2.45, 2.75) is 45.4 Å². The molecule has 0 heterocycles. The number of hydrogen-bond acceptors (Lipinski definition) is 2. The highest BCUT2D eigenvalue weighted by Gasteiger charge is 2.42. The van der Waals surface area contributed by atoms with E-state index in [1.807, 2.05) is 0 Å². The maximum atomic E-state index is 9.00. The van der Waals surface area contributed by atoms with Crippen molar-refractivity contribution in [3.05, 3.63) is 11.6 Å². The Kier molecular flexibility index (Phi) is 4.44. The zero-order valence-electron chi connectivity index (χ0n) is 11.3. The van der Waals surface area contributed by atoms with E-state index in [-0.39, 0.29) is 0 Å². The Labute approximate surface area is 109 Å². The molecule has 0 amide bonds. The molecule has 3 aliphatic rings. The molecule has 3 aliphatic carbocycles. The molecular formula is C15H25NO2. The van der Waals surface area contributed by atoms with Crippen molar-refractivity contribution in [3.8, 4) is 0 Å². The molecule has 0 aliphatic heterocycles. The summed E-state index contributed by atoms with van der Waals surface area (Å²) in [6, 6.07) is 0. The fraction of sp³-hybridized carbons (Fsp3) is 0.800. The predicted molar refractivity (Wildman–Crippen MR) is 72.1 cm³/mol. The Balaban J connectivity index is 0.000000267. The standard InChI is InChI=1S/C13H21N.C2H4O2/c14-8-12-7-11-5-10(6-13(11)12)4-3-9-1-2-9;1-2(3)4/h6,9,11-13H,1-5,7-8,14H2;1H3,(H,3,4). The summed E-state index contributed by atoms with van der Waals surface area (Å²) in [6.07, 6.45) is 11.3. The lowest BCUT2D eigenvalue weighted by molar-refractivity contribution is -0.134. The lowest BCUT2D eigenvalue weighted by Gasteiger charge is -2.39. The predicted octanol–water partition coefficient (Wildman–Crippen LogP) is 2.81.